The maximum atomic E-state index is 12.8. The Kier molecular flexibility index (Phi) is 6.37. The predicted molar refractivity (Wildman–Crippen MR) is 107 cm³/mol. The topological polar surface area (TPSA) is 95.5 Å². The normalized spacial score (nSPS) is 19.9. The molecule has 162 valence electrons. The molecule has 1 fully saturated rings. The summed E-state index contributed by atoms with van der Waals surface area (Å²) in [7, 11) is -3.87. The highest BCUT2D eigenvalue weighted by atomic mass is 32.2. The molecule has 0 radical (unpaired) electrons. The van der Waals surface area contributed by atoms with Crippen molar-refractivity contribution in [3.63, 3.8) is 0 Å². The molecule has 2 aromatic carbocycles. The van der Waals surface area contributed by atoms with Crippen LogP contribution in [0.25, 0.3) is 0 Å². The van der Waals surface area contributed by atoms with E-state index in [-0.39, 0.29) is 16.9 Å². The monoisotopic (exact) mass is 442 g/mol. The largest absolute Gasteiger partial charge is 0.416 e. The van der Waals surface area contributed by atoms with E-state index in [0.717, 1.165) is 18.6 Å². The van der Waals surface area contributed by atoms with Crippen molar-refractivity contribution in [1.29, 1.82) is 0 Å². The Morgan fingerprint density at radius 2 is 1.67 bits per heavy atom. The third-order valence-electron chi connectivity index (χ3n) is 4.90. The number of sulfonamides is 1. The number of halogens is 3. The van der Waals surface area contributed by atoms with Crippen LogP contribution in [-0.2, 0) is 16.2 Å². The van der Waals surface area contributed by atoms with Crippen LogP contribution in [0, 0.1) is 0 Å². The second-order valence-corrected chi connectivity index (χ2v) is 9.05. The summed E-state index contributed by atoms with van der Waals surface area (Å²) in [5, 5.41) is 11.4. The number of alkyl halides is 3. The van der Waals surface area contributed by atoms with Gasteiger partial charge in [0, 0.05) is 16.9 Å². The lowest BCUT2D eigenvalue weighted by Crippen LogP contribution is -2.40. The van der Waals surface area contributed by atoms with E-state index in [9.17, 15) is 31.5 Å². The molecule has 1 amide bonds. The number of carbonyl (C=O) groups is 1. The van der Waals surface area contributed by atoms with Gasteiger partial charge < -0.3 is 10.4 Å². The van der Waals surface area contributed by atoms with E-state index in [1.807, 2.05) is 0 Å². The molecule has 30 heavy (non-hydrogen) atoms. The molecule has 2 aromatic rings. The van der Waals surface area contributed by atoms with Crippen LogP contribution in [0.1, 0.15) is 41.6 Å². The zero-order chi connectivity index (χ0) is 21.9. The van der Waals surface area contributed by atoms with Gasteiger partial charge in [0.15, 0.2) is 0 Å². The van der Waals surface area contributed by atoms with Crippen molar-refractivity contribution in [3.05, 3.63) is 59.7 Å². The first kappa shape index (κ1) is 22.1. The minimum absolute atomic E-state index is 0.0360. The number of anilines is 2. The molecule has 0 aromatic heterocycles. The second kappa shape index (κ2) is 8.65. The van der Waals surface area contributed by atoms with Gasteiger partial charge in [0.25, 0.3) is 5.91 Å². The highest BCUT2D eigenvalue weighted by Gasteiger charge is 2.34. The average molecular weight is 442 g/mol. The minimum atomic E-state index is -4.54. The van der Waals surface area contributed by atoms with E-state index in [0.29, 0.717) is 19.3 Å². The Morgan fingerprint density at radius 1 is 1.00 bits per heavy atom. The van der Waals surface area contributed by atoms with Gasteiger partial charge in [-0.1, -0.05) is 25.0 Å². The molecule has 0 heterocycles. The van der Waals surface area contributed by atoms with E-state index in [4.69, 9.17) is 0 Å². The Hall–Kier alpha value is -2.59. The maximum Gasteiger partial charge on any atom is 0.416 e. The zero-order valence-corrected chi connectivity index (χ0v) is 16.6. The van der Waals surface area contributed by atoms with E-state index in [1.54, 1.807) is 0 Å². The molecule has 10 heteroatoms. The molecule has 3 N–H and O–H groups in total. The number of aliphatic hydroxyl groups is 1. The molecular formula is C20H21F3N2O4S. The van der Waals surface area contributed by atoms with Gasteiger partial charge in [-0.05, 0) is 49.2 Å². The van der Waals surface area contributed by atoms with Crippen LogP contribution < -0.4 is 10.0 Å². The van der Waals surface area contributed by atoms with Gasteiger partial charge in [-0.25, -0.2) is 8.42 Å². The Morgan fingerprint density at radius 3 is 2.37 bits per heavy atom. The van der Waals surface area contributed by atoms with Gasteiger partial charge >= 0.3 is 6.18 Å². The molecule has 1 saturated carbocycles. The van der Waals surface area contributed by atoms with E-state index < -0.39 is 39.0 Å². The molecule has 3 rings (SSSR count). The van der Waals surface area contributed by atoms with Crippen molar-refractivity contribution in [2.75, 3.05) is 10.0 Å². The molecular weight excluding hydrogens is 421 g/mol. The molecule has 6 nitrogen and oxygen atoms in total. The highest BCUT2D eigenvalue weighted by molar-refractivity contribution is 7.93. The van der Waals surface area contributed by atoms with Crippen LogP contribution in [0.2, 0.25) is 0 Å². The highest BCUT2D eigenvalue weighted by Crippen LogP contribution is 2.31. The SMILES string of the molecule is O=C(Nc1cccc(C(F)(F)F)c1)c1cccc(NS(=O)(=O)C2CCCCC2O)c1. The number of amides is 1. The van der Waals surface area contributed by atoms with E-state index >= 15 is 0 Å². The number of aliphatic hydroxyl groups excluding tert-OH is 1. The number of carbonyl (C=O) groups excluding carboxylic acids is 1. The standard InChI is InChI=1S/C20H21F3N2O4S/c21-20(22,23)14-6-4-7-15(12-14)24-19(27)13-5-3-8-16(11-13)25-30(28,29)18-10-2-1-9-17(18)26/h3-8,11-12,17-18,25-26H,1-2,9-10H2,(H,24,27). The summed E-state index contributed by atoms with van der Waals surface area (Å²) in [5.74, 6) is -0.687. The van der Waals surface area contributed by atoms with Gasteiger partial charge in [0.1, 0.15) is 5.25 Å². The van der Waals surface area contributed by atoms with Crippen molar-refractivity contribution in [3.8, 4) is 0 Å². The summed E-state index contributed by atoms with van der Waals surface area (Å²) in [6.07, 6.45) is -3.29. The quantitative estimate of drug-likeness (QED) is 0.652. The number of nitrogens with one attached hydrogen (secondary N) is 2. The number of rotatable bonds is 5. The first-order valence-electron chi connectivity index (χ1n) is 9.34. The van der Waals surface area contributed by atoms with Crippen molar-refractivity contribution in [2.24, 2.45) is 0 Å². The van der Waals surface area contributed by atoms with Crippen LogP contribution in [0.4, 0.5) is 24.5 Å². The third-order valence-corrected chi connectivity index (χ3v) is 6.77. The summed E-state index contributed by atoms with van der Waals surface area (Å²) in [6.45, 7) is 0. The fourth-order valence-electron chi connectivity index (χ4n) is 3.38. The van der Waals surface area contributed by atoms with Crippen molar-refractivity contribution >= 4 is 27.3 Å². The molecule has 0 bridgehead atoms. The van der Waals surface area contributed by atoms with Crippen molar-refractivity contribution < 1.29 is 31.5 Å². The summed E-state index contributed by atoms with van der Waals surface area (Å²) in [5.41, 5.74) is -0.736. The van der Waals surface area contributed by atoms with Crippen LogP contribution >= 0.6 is 0 Å². The maximum absolute atomic E-state index is 12.8. The summed E-state index contributed by atoms with van der Waals surface area (Å²) in [4.78, 5) is 12.4. The van der Waals surface area contributed by atoms with Crippen LogP contribution in [-0.4, -0.2) is 30.8 Å². The fourth-order valence-corrected chi connectivity index (χ4v) is 5.01. The van der Waals surface area contributed by atoms with Gasteiger partial charge in [-0.3, -0.25) is 9.52 Å². The number of hydrogen-bond acceptors (Lipinski definition) is 4. The molecule has 2 atom stereocenters. The number of hydrogen-bond donors (Lipinski definition) is 3. The molecule has 1 aliphatic rings. The third kappa shape index (κ3) is 5.31. The lowest BCUT2D eigenvalue weighted by atomic mass is 9.97. The van der Waals surface area contributed by atoms with Crippen molar-refractivity contribution in [1.82, 2.24) is 0 Å². The second-order valence-electron chi connectivity index (χ2n) is 7.15. The summed E-state index contributed by atoms with van der Waals surface area (Å²) in [6, 6.07) is 9.82. The smallest absolute Gasteiger partial charge is 0.392 e. The first-order valence-corrected chi connectivity index (χ1v) is 10.9. The van der Waals surface area contributed by atoms with Crippen LogP contribution in [0.15, 0.2) is 48.5 Å². The Labute approximate surface area is 172 Å². The predicted octanol–water partition coefficient (Wildman–Crippen LogP) is 4.00. The Bertz CT molecular complexity index is 1020. The van der Waals surface area contributed by atoms with E-state index in [2.05, 4.69) is 10.0 Å². The first-order chi connectivity index (χ1) is 14.1. The lowest BCUT2D eigenvalue weighted by Gasteiger charge is -2.27. The minimum Gasteiger partial charge on any atom is -0.392 e. The Balaban J connectivity index is 1.74. The fraction of sp³-hybridized carbons (Fsp3) is 0.350. The lowest BCUT2D eigenvalue weighted by molar-refractivity contribution is -0.137. The van der Waals surface area contributed by atoms with Gasteiger partial charge in [0.05, 0.1) is 11.7 Å². The van der Waals surface area contributed by atoms with Gasteiger partial charge in [-0.2, -0.15) is 13.2 Å². The van der Waals surface area contributed by atoms with E-state index in [1.165, 1.54) is 36.4 Å². The zero-order valence-electron chi connectivity index (χ0n) is 15.8. The van der Waals surface area contributed by atoms with Gasteiger partial charge in [0.2, 0.25) is 10.0 Å². The molecule has 0 aliphatic heterocycles. The molecule has 0 saturated heterocycles. The summed E-state index contributed by atoms with van der Waals surface area (Å²) >= 11 is 0. The average Bonchev–Trinajstić information content (AvgIpc) is 2.67. The van der Waals surface area contributed by atoms with Crippen LogP contribution in [0.3, 0.4) is 0 Å². The molecule has 0 spiro atoms. The molecule has 2 unspecified atom stereocenters. The molecule has 1 aliphatic carbocycles. The summed E-state index contributed by atoms with van der Waals surface area (Å²) < 4.78 is 66.0. The number of benzene rings is 2. The van der Waals surface area contributed by atoms with Crippen LogP contribution in [0.5, 0.6) is 0 Å². The van der Waals surface area contributed by atoms with Crippen molar-refractivity contribution in [2.45, 2.75) is 43.2 Å². The van der Waals surface area contributed by atoms with Gasteiger partial charge in [-0.15, -0.1) is 0 Å².